The summed E-state index contributed by atoms with van der Waals surface area (Å²) in [5.41, 5.74) is 2.61. The number of anilines is 1. The minimum Gasteiger partial charge on any atom is -0.372 e. The minimum absolute atomic E-state index is 0. The third kappa shape index (κ3) is 5.62. The third-order valence-electron chi connectivity index (χ3n) is 4.64. The molecule has 0 amide bonds. The normalized spacial score (nSPS) is 15.5. The lowest BCUT2D eigenvalue weighted by Gasteiger charge is -2.22. The van der Waals surface area contributed by atoms with Crippen molar-refractivity contribution in [3.8, 4) is 0 Å². The lowest BCUT2D eigenvalue weighted by atomic mass is 10.1. The molecular weight excluding hydrogens is 439 g/mol. The molecule has 2 N–H and O–H groups in total. The first kappa shape index (κ1) is 20.5. The van der Waals surface area contributed by atoms with E-state index in [-0.39, 0.29) is 30.0 Å². The lowest BCUT2D eigenvalue weighted by Crippen LogP contribution is -2.40. The van der Waals surface area contributed by atoms with E-state index in [1.807, 2.05) is 17.1 Å². The highest BCUT2D eigenvalue weighted by Crippen LogP contribution is 2.23. The maximum Gasteiger partial charge on any atom is 0.191 e. The maximum absolute atomic E-state index is 4.33. The number of nitrogens with one attached hydrogen (secondary N) is 2. The fourth-order valence-electron chi connectivity index (χ4n) is 3.17. The molecule has 1 fully saturated rings. The Bertz CT molecular complexity index is 679. The number of benzene rings is 1. The molecule has 0 aliphatic carbocycles. The zero-order valence-electron chi connectivity index (χ0n) is 15.6. The maximum atomic E-state index is 4.33. The fraction of sp³-hybridized carbons (Fsp3) is 0.474. The topological polar surface area (TPSA) is 57.5 Å². The van der Waals surface area contributed by atoms with Gasteiger partial charge < -0.3 is 20.1 Å². The first-order valence-corrected chi connectivity index (χ1v) is 9.04. The molecule has 1 unspecified atom stereocenters. The van der Waals surface area contributed by atoms with Crippen molar-refractivity contribution < 1.29 is 0 Å². The smallest absolute Gasteiger partial charge is 0.191 e. The van der Waals surface area contributed by atoms with Gasteiger partial charge in [0.15, 0.2) is 5.96 Å². The average molecular weight is 468 g/mol. The van der Waals surface area contributed by atoms with Gasteiger partial charge in [-0.2, -0.15) is 0 Å². The highest BCUT2D eigenvalue weighted by atomic mass is 127. The minimum atomic E-state index is 0. The van der Waals surface area contributed by atoms with Gasteiger partial charge in [0.2, 0.25) is 0 Å². The molecule has 142 valence electrons. The number of aliphatic imine (C=N–C) groups is 1. The molecule has 2 aromatic rings. The van der Waals surface area contributed by atoms with Gasteiger partial charge in [-0.1, -0.05) is 12.1 Å². The molecule has 1 aliphatic heterocycles. The van der Waals surface area contributed by atoms with E-state index in [2.05, 4.69) is 56.7 Å². The summed E-state index contributed by atoms with van der Waals surface area (Å²) in [7, 11) is 1.81. The summed E-state index contributed by atoms with van der Waals surface area (Å²) in [4.78, 5) is 10.9. The summed E-state index contributed by atoms with van der Waals surface area (Å²) in [5, 5.41) is 6.83. The van der Waals surface area contributed by atoms with Crippen LogP contribution in [-0.4, -0.2) is 42.2 Å². The van der Waals surface area contributed by atoms with Crippen molar-refractivity contribution in [3.63, 3.8) is 0 Å². The average Bonchev–Trinajstić information content (AvgIpc) is 3.34. The number of halogens is 1. The number of guanidine groups is 1. The molecule has 0 spiro atoms. The number of rotatable bonds is 6. The highest BCUT2D eigenvalue weighted by Gasteiger charge is 2.14. The van der Waals surface area contributed by atoms with Gasteiger partial charge in [-0.25, -0.2) is 4.98 Å². The van der Waals surface area contributed by atoms with Crippen LogP contribution >= 0.6 is 24.0 Å². The van der Waals surface area contributed by atoms with E-state index in [1.54, 1.807) is 13.2 Å². The van der Waals surface area contributed by atoms with Gasteiger partial charge in [-0.15, -0.1) is 24.0 Å². The zero-order chi connectivity index (χ0) is 17.5. The Morgan fingerprint density at radius 2 is 2.12 bits per heavy atom. The Morgan fingerprint density at radius 3 is 2.81 bits per heavy atom. The molecule has 0 bridgehead atoms. The molecule has 1 aromatic carbocycles. The van der Waals surface area contributed by atoms with Crippen molar-refractivity contribution in [2.75, 3.05) is 31.6 Å². The van der Waals surface area contributed by atoms with E-state index < -0.39 is 0 Å². The standard InChI is InChI=1S/C19H28N6.HI/c1-16(17-6-5-7-18(14-17)25-10-3-4-11-25)23-19(20-2)22-9-13-24-12-8-21-15-24;/h5-8,12,14-16H,3-4,9-11,13H2,1-2H3,(H2,20,22,23);1H. The van der Waals surface area contributed by atoms with E-state index in [0.717, 1.165) is 19.0 Å². The van der Waals surface area contributed by atoms with Gasteiger partial charge in [0, 0.05) is 51.3 Å². The van der Waals surface area contributed by atoms with E-state index in [0.29, 0.717) is 0 Å². The Hall–Kier alpha value is -1.77. The first-order chi connectivity index (χ1) is 12.3. The van der Waals surface area contributed by atoms with E-state index in [1.165, 1.54) is 37.2 Å². The lowest BCUT2D eigenvalue weighted by molar-refractivity contribution is 0.640. The molecule has 0 radical (unpaired) electrons. The Kier molecular flexibility index (Phi) is 8.21. The fourth-order valence-corrected chi connectivity index (χ4v) is 3.17. The molecule has 26 heavy (non-hydrogen) atoms. The van der Waals surface area contributed by atoms with Crippen LogP contribution < -0.4 is 15.5 Å². The van der Waals surface area contributed by atoms with Gasteiger partial charge in [-0.3, -0.25) is 4.99 Å². The molecule has 1 saturated heterocycles. The second-order valence-electron chi connectivity index (χ2n) is 6.45. The zero-order valence-corrected chi connectivity index (χ0v) is 17.9. The molecule has 1 aliphatic rings. The van der Waals surface area contributed by atoms with Crippen LogP contribution in [-0.2, 0) is 6.54 Å². The predicted octanol–water partition coefficient (Wildman–Crippen LogP) is 3.03. The summed E-state index contributed by atoms with van der Waals surface area (Å²) < 4.78 is 2.04. The third-order valence-corrected chi connectivity index (χ3v) is 4.64. The van der Waals surface area contributed by atoms with Gasteiger partial charge in [-0.05, 0) is 37.5 Å². The van der Waals surface area contributed by atoms with Crippen LogP contribution in [0.2, 0.25) is 0 Å². The Balaban J connectivity index is 0.00000243. The second-order valence-corrected chi connectivity index (χ2v) is 6.45. The molecule has 7 heteroatoms. The number of hydrogen-bond acceptors (Lipinski definition) is 3. The largest absolute Gasteiger partial charge is 0.372 e. The number of imidazole rings is 1. The summed E-state index contributed by atoms with van der Waals surface area (Å²) in [6.07, 6.45) is 8.17. The van der Waals surface area contributed by atoms with Crippen molar-refractivity contribution >= 4 is 35.6 Å². The van der Waals surface area contributed by atoms with Crippen LogP contribution in [0, 0.1) is 0 Å². The van der Waals surface area contributed by atoms with E-state index in [9.17, 15) is 0 Å². The van der Waals surface area contributed by atoms with Gasteiger partial charge in [0.05, 0.1) is 12.4 Å². The van der Waals surface area contributed by atoms with Crippen molar-refractivity contribution in [2.45, 2.75) is 32.4 Å². The highest BCUT2D eigenvalue weighted by molar-refractivity contribution is 14.0. The van der Waals surface area contributed by atoms with Crippen LogP contribution in [0.4, 0.5) is 5.69 Å². The molecule has 6 nitrogen and oxygen atoms in total. The van der Waals surface area contributed by atoms with Crippen LogP contribution in [0.5, 0.6) is 0 Å². The molecule has 2 heterocycles. The molecular formula is C19H29IN6. The summed E-state index contributed by atoms with van der Waals surface area (Å²) in [5.74, 6) is 0.819. The first-order valence-electron chi connectivity index (χ1n) is 9.04. The molecule has 3 rings (SSSR count). The number of nitrogens with zero attached hydrogens (tertiary/aromatic N) is 4. The summed E-state index contributed by atoms with van der Waals surface area (Å²) in [6.45, 7) is 6.17. The molecule has 0 saturated carbocycles. The van der Waals surface area contributed by atoms with Crippen molar-refractivity contribution in [3.05, 3.63) is 48.5 Å². The number of aromatic nitrogens is 2. The quantitative estimate of drug-likeness (QED) is 0.389. The van der Waals surface area contributed by atoms with Crippen LogP contribution in [0.1, 0.15) is 31.4 Å². The van der Waals surface area contributed by atoms with Crippen molar-refractivity contribution in [1.82, 2.24) is 20.2 Å². The van der Waals surface area contributed by atoms with E-state index >= 15 is 0 Å². The number of hydrogen-bond donors (Lipinski definition) is 2. The molecule has 1 atom stereocenters. The van der Waals surface area contributed by atoms with Gasteiger partial charge >= 0.3 is 0 Å². The summed E-state index contributed by atoms with van der Waals surface area (Å²) >= 11 is 0. The van der Waals surface area contributed by atoms with Crippen molar-refractivity contribution in [2.24, 2.45) is 4.99 Å². The Labute approximate surface area is 173 Å². The van der Waals surface area contributed by atoms with Gasteiger partial charge in [0.25, 0.3) is 0 Å². The Morgan fingerprint density at radius 1 is 1.31 bits per heavy atom. The SMILES string of the molecule is CN=C(NCCn1ccnc1)NC(C)c1cccc(N2CCCC2)c1.I. The predicted molar refractivity (Wildman–Crippen MR) is 118 cm³/mol. The van der Waals surface area contributed by atoms with Crippen LogP contribution in [0.15, 0.2) is 48.0 Å². The summed E-state index contributed by atoms with van der Waals surface area (Å²) in [6, 6.07) is 9.02. The van der Waals surface area contributed by atoms with Gasteiger partial charge in [0.1, 0.15) is 0 Å². The van der Waals surface area contributed by atoms with Crippen LogP contribution in [0.3, 0.4) is 0 Å². The van der Waals surface area contributed by atoms with Crippen LogP contribution in [0.25, 0.3) is 0 Å². The second kappa shape index (κ2) is 10.4. The van der Waals surface area contributed by atoms with Crippen molar-refractivity contribution in [1.29, 1.82) is 0 Å². The monoisotopic (exact) mass is 468 g/mol. The molecule has 1 aromatic heterocycles. The van der Waals surface area contributed by atoms with E-state index in [4.69, 9.17) is 0 Å².